The minimum Gasteiger partial charge on any atom is -0.444 e. The first-order valence-electron chi connectivity index (χ1n) is 50.6. The second-order valence-corrected chi connectivity index (χ2v) is 45.1. The summed E-state index contributed by atoms with van der Waals surface area (Å²) in [6.07, 6.45) is 44.0. The molecule has 8 atom stereocenters. The number of nitriles is 1. The number of nitrogens with one attached hydrogen (secondary N) is 8. The van der Waals surface area contributed by atoms with Crippen molar-refractivity contribution < 1.29 is 42.1 Å². The first-order valence-corrected chi connectivity index (χ1v) is 56.5. The molecule has 10 aromatic rings. The summed E-state index contributed by atoms with van der Waals surface area (Å²) < 4.78 is 48.9. The Morgan fingerprint density at radius 3 is 1.03 bits per heavy atom. The van der Waals surface area contributed by atoms with Crippen molar-refractivity contribution in [3.05, 3.63) is 64.1 Å². The van der Waals surface area contributed by atoms with Gasteiger partial charge in [-0.3, -0.25) is 0 Å². The number of carbonyl (C=O) groups excluding carboxylic acids is 3. The van der Waals surface area contributed by atoms with Crippen LogP contribution in [0.3, 0.4) is 0 Å². The summed E-state index contributed by atoms with van der Waals surface area (Å²) in [6.45, 7) is 28.5. The largest absolute Gasteiger partial charge is 0.444 e. The Kier molecular flexibility index (Phi) is 45.6. The summed E-state index contributed by atoms with van der Waals surface area (Å²) in [5, 5.41) is 65.2. The minimum atomic E-state index is -3.58. The number of nitrogens with zero attached hydrogens (tertiary/aromatic N) is 23. The number of halogens is 1. The van der Waals surface area contributed by atoms with E-state index in [1.807, 2.05) is 116 Å². The van der Waals surface area contributed by atoms with Crippen molar-refractivity contribution in [2.45, 2.75) is 400 Å². The first-order chi connectivity index (χ1) is 68.4. The lowest BCUT2D eigenvalue weighted by Gasteiger charge is -2.33. The van der Waals surface area contributed by atoms with Gasteiger partial charge in [0.1, 0.15) is 16.8 Å². The molecule has 47 heteroatoms. The predicted octanol–water partition coefficient (Wildman–Crippen LogP) is 15.3. The number of aryl methyl sites for hydroxylation is 5. The molecule has 3 amide bonds. The summed E-state index contributed by atoms with van der Waals surface area (Å²) in [6, 6.07) is 5.20. The highest BCUT2D eigenvalue weighted by Crippen LogP contribution is 2.33. The third kappa shape index (κ3) is 35.7. The number of anilines is 5. The van der Waals surface area contributed by atoms with Crippen LogP contribution in [-0.4, -0.2) is 289 Å². The number of hydrogen-bond acceptors (Lipinski definition) is 37. The molecule has 798 valence electrons. The smallest absolute Gasteiger partial charge is 0.407 e. The van der Waals surface area contributed by atoms with Crippen LogP contribution in [0.25, 0.3) is 28.2 Å². The van der Waals surface area contributed by atoms with Gasteiger partial charge in [-0.25, -0.2) is 37.8 Å². The van der Waals surface area contributed by atoms with Gasteiger partial charge in [-0.2, -0.15) is 88.2 Å². The third-order valence-corrected chi connectivity index (χ3v) is 28.1. The van der Waals surface area contributed by atoms with Crippen LogP contribution < -0.4 is 54.0 Å². The molecule has 6 aliphatic carbocycles. The molecule has 42 nitrogen and oxygen atoms in total. The zero-order chi connectivity index (χ0) is 106. The maximum atomic E-state index is 12.3. The van der Waals surface area contributed by atoms with Crippen LogP contribution >= 0.6 is 46.9 Å². The van der Waals surface area contributed by atoms with Crippen LogP contribution in [0.15, 0.2) is 51.6 Å². The SMILES string of the molecule is CC#N.CCc1cnn2c(Cl)nc(SC)nc12.CCc1cnn2c(NC3CCCC(N)C3)nc(SC)nc12.CCc1cnn2c(NC3CCCC(NC(=O)OC(C)(C)C)C3)nc(NC3CCC(N(C)C)CC3)nc12.CCc1cnn2c(NC3CCCC(NC(=O)OC(C)(C)C)C3)nc(S(C)(=O)=O)nc12.CCc1cnn2c(NC3CCCC(NC(=O)OC(C)(C)C)C3)nc(SC)nc12.CN(C)C1CCC(N)CC1.CO. The van der Waals surface area contributed by atoms with Gasteiger partial charge in [0.15, 0.2) is 43.7 Å². The van der Waals surface area contributed by atoms with Crippen molar-refractivity contribution in [3.63, 3.8) is 0 Å². The molecule has 144 heavy (non-hydrogen) atoms. The lowest BCUT2D eigenvalue weighted by atomic mass is 9.90. The molecule has 6 fully saturated rings. The van der Waals surface area contributed by atoms with Gasteiger partial charge >= 0.3 is 18.3 Å². The Hall–Kier alpha value is -9.86. The Labute approximate surface area is 867 Å². The molecule has 6 saturated carbocycles. The van der Waals surface area contributed by atoms with E-state index < -0.39 is 32.7 Å². The molecule has 0 radical (unpaired) electrons. The molecule has 16 rings (SSSR count). The summed E-state index contributed by atoms with van der Waals surface area (Å²) >= 11 is 10.5. The number of amides is 3. The van der Waals surface area contributed by atoms with Crippen molar-refractivity contribution in [1.29, 1.82) is 5.26 Å². The molecular formula is C97H160ClN33O9S4. The second-order valence-electron chi connectivity index (χ2n) is 40.5. The normalized spacial score (nSPS) is 21.3. The lowest BCUT2D eigenvalue weighted by molar-refractivity contribution is 0.0479. The number of sulfone groups is 1. The number of aliphatic hydroxyl groups excluding tert-OH is 1. The number of aromatic nitrogens is 20. The van der Waals surface area contributed by atoms with Crippen molar-refractivity contribution in [1.82, 2.24) is 124 Å². The van der Waals surface area contributed by atoms with E-state index in [1.54, 1.807) is 43.8 Å². The highest BCUT2D eigenvalue weighted by Gasteiger charge is 2.34. The Morgan fingerprint density at radius 2 is 0.708 bits per heavy atom. The van der Waals surface area contributed by atoms with Crippen LogP contribution in [-0.2, 0) is 56.2 Å². The highest BCUT2D eigenvalue weighted by atomic mass is 35.5. The van der Waals surface area contributed by atoms with Crippen molar-refractivity contribution in [2.24, 2.45) is 11.5 Å². The van der Waals surface area contributed by atoms with Crippen LogP contribution in [0.4, 0.5) is 44.1 Å². The Bertz CT molecular complexity index is 5880. The Morgan fingerprint density at radius 1 is 0.417 bits per heavy atom. The van der Waals surface area contributed by atoms with Gasteiger partial charge in [-0.05, 0) is 307 Å². The van der Waals surface area contributed by atoms with Gasteiger partial charge in [0.05, 0.1) is 37.1 Å². The van der Waals surface area contributed by atoms with Gasteiger partial charge < -0.3 is 83.1 Å². The lowest BCUT2D eigenvalue weighted by Crippen LogP contribution is -2.44. The molecule has 0 aliphatic heterocycles. The number of rotatable bonds is 24. The molecule has 0 spiro atoms. The molecule has 0 aromatic carbocycles. The third-order valence-electron chi connectivity index (χ3n) is 25.3. The van der Waals surface area contributed by atoms with Gasteiger partial charge in [0, 0.05) is 121 Å². The summed E-state index contributed by atoms with van der Waals surface area (Å²) in [5.74, 6) is 3.18. The summed E-state index contributed by atoms with van der Waals surface area (Å²) in [4.78, 5) is 86.1. The maximum absolute atomic E-state index is 12.3. The fourth-order valence-electron chi connectivity index (χ4n) is 18.0. The zero-order valence-corrected chi connectivity index (χ0v) is 93.0. The number of alkyl carbamates (subject to hydrolysis) is 3. The van der Waals surface area contributed by atoms with E-state index in [0.29, 0.717) is 76.9 Å². The molecule has 10 heterocycles. The van der Waals surface area contributed by atoms with E-state index in [1.165, 1.54) is 75.4 Å². The molecule has 13 N–H and O–H groups in total. The standard InChI is InChI=1S/C26H44N8O2.C19H30N6O4S.C19H30N6O2S.C14H22N6S.C8H9ClN4S.C8H18N2.C2H3N.CH4O/c1-7-17-16-27-34-22(17)31-23(28-18-11-13-21(14-12-18)33(5)6)32-24(34)29-19-9-8-10-20(15-19)30-25(35)36-26(2,3)4;1-6-12-11-20-25-15(12)23-17(30(5,27)28)24-16(25)21-13-8-7-9-14(10-13)22-18(26)29-19(2,3)4;1-6-12-11-20-25-15(12)23-17(28-5)24-16(25)21-13-8-7-9-14(10-13)22-18(26)27-19(2,3)4;1-3-9-8-16-20-12(9)18-14(21-2)19-13(20)17-11-6-4-5-10(15)7-11;1-3-5-4-10-13-6(5)11-8(14-2)12-7(13)9;1-10(2)8-5-3-7(9)4-6-8;1-2-3;1-2/h16,18-21H,7-15H2,1-6H3,(H,30,35)(H2,28,29,31,32);11,13-14H,6-10H2,1-5H3,(H,22,26)(H,21,23,24);11,13-14H,6-10H2,1-5H3,(H,22,26)(H,21,23,24);8,10-11H,3-7,15H2,1-2H3,(H,17,18,19);4H,3H2,1-2H3;7-8H,3-6,9H2,1-2H3;1H3;2H,1H3. The molecular weight excluding hydrogens is 1940 g/mol. The van der Waals surface area contributed by atoms with E-state index in [9.17, 15) is 22.8 Å². The summed E-state index contributed by atoms with van der Waals surface area (Å²) in [5.41, 5.74) is 19.5. The number of aliphatic hydroxyl groups is 1. The van der Waals surface area contributed by atoms with Crippen LogP contribution in [0.5, 0.6) is 0 Å². The van der Waals surface area contributed by atoms with E-state index in [2.05, 4.69) is 174 Å². The quantitative estimate of drug-likeness (QED) is 0.0198. The molecule has 0 bridgehead atoms. The average Bonchev–Trinajstić information content (AvgIpc) is 1.62. The first kappa shape index (κ1) is 118. The second kappa shape index (κ2) is 55.8. The molecule has 10 aromatic heterocycles. The fraction of sp³-hybridized carbons (Fsp3) is 0.701. The maximum Gasteiger partial charge on any atom is 0.407 e. The van der Waals surface area contributed by atoms with Gasteiger partial charge in [0.25, 0.3) is 5.16 Å². The van der Waals surface area contributed by atoms with E-state index in [4.69, 9.17) is 57.6 Å². The number of carbonyl (C=O) groups is 3. The van der Waals surface area contributed by atoms with Gasteiger partial charge in [-0.1, -0.05) is 69.9 Å². The van der Waals surface area contributed by atoms with Crippen molar-refractivity contribution in [2.75, 3.05) is 86.9 Å². The average molecular weight is 2100 g/mol. The number of thioether (sulfide) groups is 3. The van der Waals surface area contributed by atoms with Crippen molar-refractivity contribution in [3.8, 4) is 6.07 Å². The number of fused-ring (bicyclic) bond motifs is 5. The molecule has 0 saturated heterocycles. The number of ether oxygens (including phenoxy) is 3. The highest BCUT2D eigenvalue weighted by molar-refractivity contribution is 7.98. The van der Waals surface area contributed by atoms with Gasteiger partial charge in [-0.15, -0.1) is 0 Å². The zero-order valence-electron chi connectivity index (χ0n) is 89.0. The van der Waals surface area contributed by atoms with Crippen LogP contribution in [0.2, 0.25) is 5.28 Å². The fourth-order valence-corrected chi connectivity index (χ4v) is 19.9. The molecule has 6 aliphatic rings. The van der Waals surface area contributed by atoms with Crippen LogP contribution in [0.1, 0.15) is 286 Å². The monoisotopic (exact) mass is 2090 g/mol. The van der Waals surface area contributed by atoms with E-state index >= 15 is 0 Å². The minimum absolute atomic E-state index is 0.00141. The van der Waals surface area contributed by atoms with E-state index in [0.717, 1.165) is 214 Å². The van der Waals surface area contributed by atoms with E-state index in [-0.39, 0.29) is 59.6 Å². The number of hydrogen-bond donors (Lipinski definition) is 11. The number of nitrogens with two attached hydrogens (primary N) is 2. The topological polar surface area (TPSA) is 527 Å². The van der Waals surface area contributed by atoms with Crippen LogP contribution in [0, 0.1) is 11.3 Å². The molecule has 8 unspecified atom stereocenters. The van der Waals surface area contributed by atoms with Gasteiger partial charge in [0.2, 0.25) is 44.9 Å². The van der Waals surface area contributed by atoms with Crippen molar-refractivity contribution >= 4 is 133 Å². The summed E-state index contributed by atoms with van der Waals surface area (Å²) in [7, 11) is 6.06. The predicted molar refractivity (Wildman–Crippen MR) is 572 cm³/mol. The Balaban J connectivity index is 0.000000197.